The Bertz CT molecular complexity index is 1030. The summed E-state index contributed by atoms with van der Waals surface area (Å²) in [4.78, 5) is 17.1. The van der Waals surface area contributed by atoms with Gasteiger partial charge in [-0.2, -0.15) is 5.10 Å². The highest BCUT2D eigenvalue weighted by Gasteiger charge is 2.12. The first-order valence-electron chi connectivity index (χ1n) is 8.47. The lowest BCUT2D eigenvalue weighted by Crippen LogP contribution is -2.20. The first kappa shape index (κ1) is 18.4. The van der Waals surface area contributed by atoms with E-state index < -0.39 is 0 Å². The molecule has 0 spiro atoms. The number of carbonyl (C=O) groups is 1. The smallest absolute Gasteiger partial charge is 0.272 e. The number of hydrogen-bond acceptors (Lipinski definition) is 5. The Hall–Kier alpha value is -3.41. The van der Waals surface area contributed by atoms with Crippen LogP contribution in [0.25, 0.3) is 10.9 Å². The van der Waals surface area contributed by atoms with Crippen molar-refractivity contribution in [2.24, 2.45) is 5.10 Å². The van der Waals surface area contributed by atoms with Crippen molar-refractivity contribution in [3.63, 3.8) is 0 Å². The molecular formula is C21H21N3O3. The Morgan fingerprint density at radius 3 is 2.52 bits per heavy atom. The fourth-order valence-corrected chi connectivity index (χ4v) is 2.82. The quantitative estimate of drug-likeness (QED) is 0.554. The van der Waals surface area contributed by atoms with Crippen LogP contribution in [0.5, 0.6) is 11.5 Å². The molecule has 3 aromatic rings. The van der Waals surface area contributed by atoms with E-state index in [1.807, 2.05) is 50.2 Å². The van der Waals surface area contributed by atoms with Gasteiger partial charge in [-0.1, -0.05) is 18.2 Å². The molecule has 1 N–H and O–H groups in total. The summed E-state index contributed by atoms with van der Waals surface area (Å²) in [7, 11) is 3.16. The highest BCUT2D eigenvalue weighted by molar-refractivity contribution is 6.07. The van der Waals surface area contributed by atoms with Crippen LogP contribution in [0.15, 0.2) is 53.6 Å². The van der Waals surface area contributed by atoms with Crippen molar-refractivity contribution in [3.8, 4) is 11.5 Å². The Balaban J connectivity index is 1.87. The van der Waals surface area contributed by atoms with Gasteiger partial charge in [0.25, 0.3) is 5.91 Å². The van der Waals surface area contributed by atoms with Crippen LogP contribution in [-0.2, 0) is 0 Å². The van der Waals surface area contributed by atoms with Gasteiger partial charge in [-0.15, -0.1) is 0 Å². The number of nitrogens with zero attached hydrogens (tertiary/aromatic N) is 2. The van der Waals surface area contributed by atoms with Gasteiger partial charge in [0.05, 0.1) is 31.0 Å². The van der Waals surface area contributed by atoms with Crippen molar-refractivity contribution in [1.82, 2.24) is 10.4 Å². The number of para-hydroxylation sites is 1. The third-order valence-electron chi connectivity index (χ3n) is 4.22. The number of fused-ring (bicyclic) bond motifs is 1. The molecule has 1 amide bonds. The molecule has 0 aliphatic carbocycles. The zero-order valence-corrected chi connectivity index (χ0v) is 15.7. The van der Waals surface area contributed by atoms with Crippen LogP contribution in [0.2, 0.25) is 0 Å². The van der Waals surface area contributed by atoms with Gasteiger partial charge < -0.3 is 9.47 Å². The largest absolute Gasteiger partial charge is 0.493 e. The molecule has 0 atom stereocenters. The van der Waals surface area contributed by atoms with E-state index in [0.717, 1.165) is 22.2 Å². The predicted octanol–water partition coefficient (Wildman–Crippen LogP) is 3.71. The zero-order valence-electron chi connectivity index (χ0n) is 15.7. The van der Waals surface area contributed by atoms with E-state index in [0.29, 0.717) is 22.8 Å². The number of amides is 1. The minimum atomic E-state index is -0.281. The summed E-state index contributed by atoms with van der Waals surface area (Å²) in [5.41, 5.74) is 6.21. The molecule has 0 saturated heterocycles. The van der Waals surface area contributed by atoms with E-state index in [-0.39, 0.29) is 5.91 Å². The van der Waals surface area contributed by atoms with Crippen molar-refractivity contribution >= 4 is 22.5 Å². The highest BCUT2D eigenvalue weighted by atomic mass is 16.5. The molecule has 0 aliphatic rings. The lowest BCUT2D eigenvalue weighted by Gasteiger charge is -2.10. The molecule has 6 nitrogen and oxygen atoms in total. The Labute approximate surface area is 157 Å². The first-order valence-corrected chi connectivity index (χ1v) is 8.47. The molecule has 6 heteroatoms. The number of aromatic nitrogens is 1. The molecule has 0 bridgehead atoms. The standard InChI is InChI=1S/C21H21N3O3/c1-13-11-17(16-7-5-6-8-18(16)22-13)21(25)24-23-14(2)15-9-10-19(26-3)20(12-15)27-4/h5-12H,1-4H3,(H,24,25)/b23-14+. The summed E-state index contributed by atoms with van der Waals surface area (Å²) in [6, 6.07) is 14.8. The average molecular weight is 363 g/mol. The molecule has 2 aromatic carbocycles. The van der Waals surface area contributed by atoms with Gasteiger partial charge in [0.15, 0.2) is 11.5 Å². The maximum atomic E-state index is 12.7. The summed E-state index contributed by atoms with van der Waals surface area (Å²) in [5, 5.41) is 5.03. The maximum Gasteiger partial charge on any atom is 0.272 e. The number of pyridine rings is 1. The molecule has 3 rings (SSSR count). The van der Waals surface area contributed by atoms with Gasteiger partial charge >= 0.3 is 0 Å². The van der Waals surface area contributed by atoms with Crippen LogP contribution in [0.4, 0.5) is 0 Å². The van der Waals surface area contributed by atoms with Crippen molar-refractivity contribution < 1.29 is 14.3 Å². The SMILES string of the molecule is COc1ccc(/C(C)=N/NC(=O)c2cc(C)nc3ccccc23)cc1OC. The fraction of sp³-hybridized carbons (Fsp3) is 0.190. The topological polar surface area (TPSA) is 72.8 Å². The minimum Gasteiger partial charge on any atom is -0.493 e. The zero-order chi connectivity index (χ0) is 19.4. The van der Waals surface area contributed by atoms with Crippen LogP contribution >= 0.6 is 0 Å². The van der Waals surface area contributed by atoms with Gasteiger partial charge in [0.1, 0.15) is 0 Å². The minimum absolute atomic E-state index is 0.281. The van der Waals surface area contributed by atoms with Gasteiger partial charge in [0, 0.05) is 16.6 Å². The number of ether oxygens (including phenoxy) is 2. The first-order chi connectivity index (χ1) is 13.0. The number of methoxy groups -OCH3 is 2. The molecule has 27 heavy (non-hydrogen) atoms. The van der Waals surface area contributed by atoms with Gasteiger partial charge in [0.2, 0.25) is 0 Å². The van der Waals surface area contributed by atoms with Crippen LogP contribution in [0, 0.1) is 6.92 Å². The number of aryl methyl sites for hydroxylation is 1. The number of rotatable bonds is 5. The number of carbonyl (C=O) groups excluding carboxylic acids is 1. The van der Waals surface area contributed by atoms with Crippen molar-refractivity contribution in [3.05, 3.63) is 65.4 Å². The Morgan fingerprint density at radius 1 is 1.04 bits per heavy atom. The van der Waals surface area contributed by atoms with E-state index in [2.05, 4.69) is 15.5 Å². The number of nitrogens with one attached hydrogen (secondary N) is 1. The van der Waals surface area contributed by atoms with E-state index >= 15 is 0 Å². The maximum absolute atomic E-state index is 12.7. The number of hydrogen-bond donors (Lipinski definition) is 1. The number of benzene rings is 2. The second kappa shape index (κ2) is 7.86. The highest BCUT2D eigenvalue weighted by Crippen LogP contribution is 2.27. The van der Waals surface area contributed by atoms with Crippen LogP contribution in [-0.4, -0.2) is 30.8 Å². The van der Waals surface area contributed by atoms with Crippen molar-refractivity contribution in [1.29, 1.82) is 0 Å². The van der Waals surface area contributed by atoms with Gasteiger partial charge in [-0.05, 0) is 44.2 Å². The molecule has 0 fully saturated rings. The third-order valence-corrected chi connectivity index (χ3v) is 4.22. The van der Waals surface area contributed by atoms with Crippen LogP contribution in [0.1, 0.15) is 28.5 Å². The normalized spacial score (nSPS) is 11.3. The van der Waals surface area contributed by atoms with E-state index in [1.54, 1.807) is 26.4 Å². The molecule has 1 heterocycles. The molecule has 1 aromatic heterocycles. The summed E-state index contributed by atoms with van der Waals surface area (Å²) in [5.74, 6) is 0.958. The lowest BCUT2D eigenvalue weighted by molar-refractivity contribution is 0.0956. The van der Waals surface area contributed by atoms with Gasteiger partial charge in [-0.25, -0.2) is 5.43 Å². The van der Waals surface area contributed by atoms with Crippen molar-refractivity contribution in [2.45, 2.75) is 13.8 Å². The summed E-state index contributed by atoms with van der Waals surface area (Å²) < 4.78 is 10.5. The monoisotopic (exact) mass is 363 g/mol. The third kappa shape index (κ3) is 3.89. The Kier molecular flexibility index (Phi) is 5.35. The second-order valence-corrected chi connectivity index (χ2v) is 6.04. The van der Waals surface area contributed by atoms with E-state index in [9.17, 15) is 4.79 Å². The molecular weight excluding hydrogens is 342 g/mol. The van der Waals surface area contributed by atoms with Crippen LogP contribution < -0.4 is 14.9 Å². The molecule has 0 radical (unpaired) electrons. The van der Waals surface area contributed by atoms with E-state index in [4.69, 9.17) is 9.47 Å². The average Bonchev–Trinajstić information content (AvgIpc) is 2.70. The molecule has 0 aliphatic heterocycles. The van der Waals surface area contributed by atoms with Gasteiger partial charge in [-0.3, -0.25) is 9.78 Å². The molecule has 138 valence electrons. The van der Waals surface area contributed by atoms with Crippen molar-refractivity contribution in [2.75, 3.05) is 14.2 Å². The summed E-state index contributed by atoms with van der Waals surface area (Å²) in [6.07, 6.45) is 0. The predicted molar refractivity (Wildman–Crippen MR) is 106 cm³/mol. The van der Waals surface area contributed by atoms with E-state index in [1.165, 1.54) is 0 Å². The molecule has 0 unspecified atom stereocenters. The number of hydrazone groups is 1. The molecule has 0 saturated carbocycles. The second-order valence-electron chi connectivity index (χ2n) is 6.04. The summed E-state index contributed by atoms with van der Waals surface area (Å²) in [6.45, 7) is 3.68. The van der Waals surface area contributed by atoms with Crippen LogP contribution in [0.3, 0.4) is 0 Å². The Morgan fingerprint density at radius 2 is 1.78 bits per heavy atom. The fourth-order valence-electron chi connectivity index (χ4n) is 2.82. The summed E-state index contributed by atoms with van der Waals surface area (Å²) >= 11 is 0. The lowest BCUT2D eigenvalue weighted by atomic mass is 10.1.